The number of hydrogen-bond donors (Lipinski definition) is 1. The molecule has 0 spiro atoms. The van der Waals surface area contributed by atoms with Crippen molar-refractivity contribution in [1.82, 2.24) is 5.32 Å². The van der Waals surface area contributed by atoms with Crippen molar-refractivity contribution in [1.29, 1.82) is 0 Å². The third-order valence-electron chi connectivity index (χ3n) is 3.72. The summed E-state index contributed by atoms with van der Waals surface area (Å²) in [5, 5.41) is 3.58. The van der Waals surface area contributed by atoms with Gasteiger partial charge in [0.25, 0.3) is 0 Å². The molecule has 2 heterocycles. The van der Waals surface area contributed by atoms with Crippen LogP contribution in [-0.4, -0.2) is 19.3 Å². The van der Waals surface area contributed by atoms with Crippen molar-refractivity contribution in [3.05, 3.63) is 20.8 Å². The lowest BCUT2D eigenvalue weighted by Gasteiger charge is -2.25. The highest BCUT2D eigenvalue weighted by atomic mass is 35.5. The zero-order valence-electron chi connectivity index (χ0n) is 11.9. The predicted molar refractivity (Wildman–Crippen MR) is 83.3 cm³/mol. The van der Waals surface area contributed by atoms with E-state index in [0.29, 0.717) is 12.1 Å². The number of ether oxygens (including phenoxy) is 1. The maximum absolute atomic E-state index is 6.19. The van der Waals surface area contributed by atoms with Gasteiger partial charge in [-0.2, -0.15) is 0 Å². The summed E-state index contributed by atoms with van der Waals surface area (Å²) in [6.07, 6.45) is 6.52. The number of halogens is 1. The average Bonchev–Trinajstić information content (AvgIpc) is 2.76. The highest BCUT2D eigenvalue weighted by molar-refractivity contribution is 7.16. The van der Waals surface area contributed by atoms with Crippen LogP contribution in [0.5, 0.6) is 0 Å². The van der Waals surface area contributed by atoms with E-state index in [1.165, 1.54) is 29.7 Å². The van der Waals surface area contributed by atoms with E-state index < -0.39 is 0 Å². The first-order valence-corrected chi connectivity index (χ1v) is 8.51. The van der Waals surface area contributed by atoms with Crippen LogP contribution in [0.1, 0.15) is 55.5 Å². The van der Waals surface area contributed by atoms with Crippen LogP contribution in [-0.2, 0) is 4.74 Å². The smallest absolute Gasteiger partial charge is 0.0960 e. The fourth-order valence-electron chi connectivity index (χ4n) is 2.63. The van der Waals surface area contributed by atoms with Gasteiger partial charge in [0.05, 0.1) is 10.4 Å². The van der Waals surface area contributed by atoms with Gasteiger partial charge in [0.2, 0.25) is 0 Å². The van der Waals surface area contributed by atoms with Gasteiger partial charge in [-0.3, -0.25) is 0 Å². The van der Waals surface area contributed by atoms with Crippen molar-refractivity contribution in [3.8, 4) is 0 Å². The minimum Gasteiger partial charge on any atom is -0.378 e. The molecule has 1 aliphatic heterocycles. The summed E-state index contributed by atoms with van der Waals surface area (Å²) < 4.78 is 6.74. The zero-order valence-corrected chi connectivity index (χ0v) is 13.4. The Kier molecular flexibility index (Phi) is 6.14. The molecule has 0 radical (unpaired) electrons. The average molecular weight is 302 g/mol. The third-order valence-corrected chi connectivity index (χ3v) is 5.39. The predicted octanol–water partition coefficient (Wildman–Crippen LogP) is 4.71. The second-order valence-electron chi connectivity index (χ2n) is 5.28. The summed E-state index contributed by atoms with van der Waals surface area (Å²) in [7, 11) is 0. The van der Waals surface area contributed by atoms with Crippen LogP contribution >= 0.6 is 22.9 Å². The Morgan fingerprint density at radius 3 is 2.95 bits per heavy atom. The van der Waals surface area contributed by atoms with Gasteiger partial charge in [0.15, 0.2) is 0 Å². The summed E-state index contributed by atoms with van der Waals surface area (Å²) >= 11 is 7.90. The minimum atomic E-state index is 0.423. The second-order valence-corrected chi connectivity index (χ2v) is 6.97. The van der Waals surface area contributed by atoms with E-state index >= 15 is 0 Å². The van der Waals surface area contributed by atoms with Crippen molar-refractivity contribution in [2.45, 2.75) is 58.1 Å². The Morgan fingerprint density at radius 1 is 1.53 bits per heavy atom. The van der Waals surface area contributed by atoms with Crippen LogP contribution in [0.2, 0.25) is 4.34 Å². The van der Waals surface area contributed by atoms with Crippen LogP contribution < -0.4 is 5.32 Å². The molecule has 0 aromatic carbocycles. The van der Waals surface area contributed by atoms with Crippen LogP contribution in [0.3, 0.4) is 0 Å². The van der Waals surface area contributed by atoms with Gasteiger partial charge in [-0.15, -0.1) is 11.3 Å². The first kappa shape index (κ1) is 15.3. The monoisotopic (exact) mass is 301 g/mol. The Morgan fingerprint density at radius 2 is 2.37 bits per heavy atom. The molecular weight excluding hydrogens is 278 g/mol. The van der Waals surface area contributed by atoms with Crippen LogP contribution in [0.25, 0.3) is 0 Å². The SMILES string of the molecule is CCNC(CCC1CCCCO1)c1cc(C)c(Cl)s1. The number of rotatable bonds is 6. The van der Waals surface area contributed by atoms with Gasteiger partial charge < -0.3 is 10.1 Å². The van der Waals surface area contributed by atoms with Gasteiger partial charge in [0, 0.05) is 17.5 Å². The quantitative estimate of drug-likeness (QED) is 0.821. The molecule has 0 amide bonds. The number of hydrogen-bond acceptors (Lipinski definition) is 3. The second kappa shape index (κ2) is 7.63. The van der Waals surface area contributed by atoms with E-state index in [-0.39, 0.29) is 0 Å². The Balaban J connectivity index is 1.91. The molecule has 0 saturated carbocycles. The molecule has 0 aliphatic carbocycles. The number of aryl methyl sites for hydroxylation is 1. The van der Waals surface area contributed by atoms with E-state index in [1.807, 2.05) is 0 Å². The molecule has 1 aromatic rings. The van der Waals surface area contributed by atoms with Crippen LogP contribution in [0, 0.1) is 6.92 Å². The Bertz CT molecular complexity index is 368. The van der Waals surface area contributed by atoms with E-state index in [0.717, 1.165) is 30.3 Å². The summed E-state index contributed by atoms with van der Waals surface area (Å²) in [5.41, 5.74) is 1.19. The fourth-order valence-corrected chi connectivity index (χ4v) is 3.96. The van der Waals surface area contributed by atoms with E-state index in [2.05, 4.69) is 25.2 Å². The molecule has 2 nitrogen and oxygen atoms in total. The first-order valence-electron chi connectivity index (χ1n) is 7.31. The van der Waals surface area contributed by atoms with Crippen molar-refractivity contribution >= 4 is 22.9 Å². The molecule has 1 aromatic heterocycles. The van der Waals surface area contributed by atoms with Crippen molar-refractivity contribution < 1.29 is 4.74 Å². The van der Waals surface area contributed by atoms with E-state index in [1.54, 1.807) is 11.3 Å². The highest BCUT2D eigenvalue weighted by Gasteiger charge is 2.19. The standard InChI is InChI=1S/C15H24ClNOS/c1-3-17-13(14-10-11(2)15(16)19-14)8-7-12-6-4-5-9-18-12/h10,12-13,17H,3-9H2,1-2H3. The van der Waals surface area contributed by atoms with Crippen molar-refractivity contribution in [2.75, 3.05) is 13.2 Å². The molecule has 0 bridgehead atoms. The molecule has 1 N–H and O–H groups in total. The number of nitrogens with one attached hydrogen (secondary N) is 1. The van der Waals surface area contributed by atoms with E-state index in [4.69, 9.17) is 16.3 Å². The summed E-state index contributed by atoms with van der Waals surface area (Å²) in [4.78, 5) is 1.36. The molecule has 2 atom stereocenters. The Labute approximate surface area is 125 Å². The van der Waals surface area contributed by atoms with Crippen LogP contribution in [0.4, 0.5) is 0 Å². The maximum Gasteiger partial charge on any atom is 0.0960 e. The molecule has 2 unspecified atom stereocenters. The normalized spacial score (nSPS) is 21.5. The van der Waals surface area contributed by atoms with Crippen LogP contribution in [0.15, 0.2) is 6.07 Å². The lowest BCUT2D eigenvalue weighted by atomic mass is 10.0. The molecular formula is C15H24ClNOS. The fraction of sp³-hybridized carbons (Fsp3) is 0.733. The lowest BCUT2D eigenvalue weighted by Crippen LogP contribution is -2.24. The molecule has 1 saturated heterocycles. The zero-order chi connectivity index (χ0) is 13.7. The van der Waals surface area contributed by atoms with Gasteiger partial charge >= 0.3 is 0 Å². The van der Waals surface area contributed by atoms with Crippen molar-refractivity contribution in [3.63, 3.8) is 0 Å². The van der Waals surface area contributed by atoms with Gasteiger partial charge in [0.1, 0.15) is 0 Å². The summed E-state index contributed by atoms with van der Waals surface area (Å²) in [6, 6.07) is 2.65. The van der Waals surface area contributed by atoms with Gasteiger partial charge in [-0.25, -0.2) is 0 Å². The third kappa shape index (κ3) is 4.45. The topological polar surface area (TPSA) is 21.3 Å². The molecule has 108 valence electrons. The molecule has 19 heavy (non-hydrogen) atoms. The molecule has 1 fully saturated rings. The summed E-state index contributed by atoms with van der Waals surface area (Å²) in [5.74, 6) is 0. The molecule has 1 aliphatic rings. The highest BCUT2D eigenvalue weighted by Crippen LogP contribution is 2.33. The van der Waals surface area contributed by atoms with Gasteiger partial charge in [-0.1, -0.05) is 18.5 Å². The Hall–Kier alpha value is -0.0900. The minimum absolute atomic E-state index is 0.423. The molecule has 4 heteroatoms. The largest absolute Gasteiger partial charge is 0.378 e. The number of thiophene rings is 1. The summed E-state index contributed by atoms with van der Waals surface area (Å²) in [6.45, 7) is 6.17. The molecule has 2 rings (SSSR count). The lowest BCUT2D eigenvalue weighted by molar-refractivity contribution is 0.00862. The van der Waals surface area contributed by atoms with E-state index in [9.17, 15) is 0 Å². The van der Waals surface area contributed by atoms with Gasteiger partial charge in [-0.05, 0) is 57.2 Å². The maximum atomic E-state index is 6.19. The van der Waals surface area contributed by atoms with Crippen molar-refractivity contribution in [2.24, 2.45) is 0 Å². The first-order chi connectivity index (χ1) is 9.20.